The number of benzene rings is 2. The maximum Gasteiger partial charge on any atom is 0.255 e. The molecular weight excluding hydrogens is 424 g/mol. The largest absolute Gasteiger partial charge is 0.370 e. The third-order valence-electron chi connectivity index (χ3n) is 5.27. The van der Waals surface area contributed by atoms with E-state index in [-0.39, 0.29) is 5.91 Å². The zero-order chi connectivity index (χ0) is 22.2. The number of halogens is 1. The highest BCUT2D eigenvalue weighted by Gasteiger charge is 2.11. The second-order valence-corrected chi connectivity index (χ2v) is 8.20. The number of likely N-dealkylation sites (tertiary alicyclic amines) is 1. The Kier molecular flexibility index (Phi) is 7.53. The summed E-state index contributed by atoms with van der Waals surface area (Å²) >= 11 is 5.99. The molecule has 8 heteroatoms. The summed E-state index contributed by atoms with van der Waals surface area (Å²) in [6, 6.07) is 16.1. The van der Waals surface area contributed by atoms with E-state index in [1.807, 2.05) is 18.2 Å². The van der Waals surface area contributed by atoms with E-state index >= 15 is 0 Å². The molecule has 3 aromatic rings. The fourth-order valence-corrected chi connectivity index (χ4v) is 3.87. The molecule has 0 unspecified atom stereocenters. The van der Waals surface area contributed by atoms with Crippen LogP contribution in [0.3, 0.4) is 0 Å². The highest BCUT2D eigenvalue weighted by atomic mass is 35.5. The van der Waals surface area contributed by atoms with Gasteiger partial charge in [0, 0.05) is 34.7 Å². The molecule has 1 aliphatic heterocycles. The fraction of sp³-hybridized carbons (Fsp3) is 0.292. The minimum atomic E-state index is -0.217. The normalized spacial score (nSPS) is 13.7. The van der Waals surface area contributed by atoms with Gasteiger partial charge < -0.3 is 20.9 Å². The fourth-order valence-electron chi connectivity index (χ4n) is 3.68. The lowest BCUT2D eigenvalue weighted by Crippen LogP contribution is -2.22. The predicted molar refractivity (Wildman–Crippen MR) is 130 cm³/mol. The van der Waals surface area contributed by atoms with Gasteiger partial charge in [0.2, 0.25) is 5.95 Å². The third-order valence-corrected chi connectivity index (χ3v) is 5.51. The van der Waals surface area contributed by atoms with Crippen LogP contribution >= 0.6 is 11.6 Å². The number of nitrogens with one attached hydrogen (secondary N) is 3. The van der Waals surface area contributed by atoms with Crippen molar-refractivity contribution >= 4 is 40.6 Å². The van der Waals surface area contributed by atoms with Crippen molar-refractivity contribution in [3.63, 3.8) is 0 Å². The molecule has 1 amide bonds. The molecule has 32 heavy (non-hydrogen) atoms. The molecular formula is C24H27ClN6O. The quantitative estimate of drug-likeness (QED) is 0.397. The van der Waals surface area contributed by atoms with Crippen LogP contribution in [0.1, 0.15) is 29.6 Å². The number of carbonyl (C=O) groups excluding carboxylic acids is 1. The van der Waals surface area contributed by atoms with Crippen molar-refractivity contribution in [3.05, 3.63) is 71.4 Å². The van der Waals surface area contributed by atoms with E-state index in [1.165, 1.54) is 25.9 Å². The van der Waals surface area contributed by atoms with E-state index in [2.05, 4.69) is 30.8 Å². The van der Waals surface area contributed by atoms with E-state index in [1.54, 1.807) is 42.6 Å². The minimum Gasteiger partial charge on any atom is -0.370 e. The van der Waals surface area contributed by atoms with Gasteiger partial charge in [-0.05, 0) is 81.4 Å². The Morgan fingerprint density at radius 2 is 1.84 bits per heavy atom. The summed E-state index contributed by atoms with van der Waals surface area (Å²) in [5, 5.41) is 9.96. The number of rotatable bonds is 9. The topological polar surface area (TPSA) is 82.2 Å². The second-order valence-electron chi connectivity index (χ2n) is 7.76. The number of aromatic nitrogens is 2. The highest BCUT2D eigenvalue weighted by molar-refractivity contribution is 6.31. The van der Waals surface area contributed by atoms with Crippen molar-refractivity contribution in [2.24, 2.45) is 0 Å². The monoisotopic (exact) mass is 450 g/mol. The molecule has 0 radical (unpaired) electrons. The summed E-state index contributed by atoms with van der Waals surface area (Å²) in [7, 11) is 0. The molecule has 1 fully saturated rings. The first-order valence-corrected chi connectivity index (χ1v) is 11.3. The second kappa shape index (κ2) is 10.9. The molecule has 0 aliphatic carbocycles. The Morgan fingerprint density at radius 1 is 1.03 bits per heavy atom. The van der Waals surface area contributed by atoms with Crippen molar-refractivity contribution in [2.45, 2.75) is 19.3 Å². The molecule has 1 aromatic heterocycles. The lowest BCUT2D eigenvalue weighted by Gasteiger charge is -2.14. The smallest absolute Gasteiger partial charge is 0.255 e. The zero-order valence-electron chi connectivity index (χ0n) is 17.9. The average Bonchev–Trinajstić information content (AvgIpc) is 3.31. The number of amides is 1. The molecule has 4 rings (SSSR count). The minimum absolute atomic E-state index is 0.217. The lowest BCUT2D eigenvalue weighted by atomic mass is 10.2. The molecule has 0 saturated carbocycles. The van der Waals surface area contributed by atoms with E-state index < -0.39 is 0 Å². The summed E-state index contributed by atoms with van der Waals surface area (Å²) < 4.78 is 0. The molecule has 3 N–H and O–H groups in total. The molecule has 1 aliphatic rings. The Hall–Kier alpha value is -3.16. The van der Waals surface area contributed by atoms with Gasteiger partial charge in [-0.2, -0.15) is 4.98 Å². The van der Waals surface area contributed by atoms with Crippen molar-refractivity contribution < 1.29 is 4.79 Å². The predicted octanol–water partition coefficient (Wildman–Crippen LogP) is 5.02. The summed E-state index contributed by atoms with van der Waals surface area (Å²) in [5.41, 5.74) is 1.90. The van der Waals surface area contributed by atoms with Gasteiger partial charge in [-0.25, -0.2) is 4.98 Å². The van der Waals surface area contributed by atoms with E-state index in [0.717, 1.165) is 31.0 Å². The molecule has 7 nitrogen and oxygen atoms in total. The third kappa shape index (κ3) is 6.42. The van der Waals surface area contributed by atoms with E-state index in [4.69, 9.17) is 11.6 Å². The van der Waals surface area contributed by atoms with Crippen LogP contribution in [0.2, 0.25) is 5.02 Å². The van der Waals surface area contributed by atoms with Crippen LogP contribution in [0.5, 0.6) is 0 Å². The van der Waals surface area contributed by atoms with Gasteiger partial charge in [0.1, 0.15) is 5.82 Å². The maximum atomic E-state index is 12.6. The molecule has 0 atom stereocenters. The SMILES string of the molecule is O=C(Nc1cccc(Cl)c1)c1cccc(Nc2nccc(NCCCN3CCCC3)n2)c1. The van der Waals surface area contributed by atoms with Gasteiger partial charge in [-0.15, -0.1) is 0 Å². The first-order valence-electron chi connectivity index (χ1n) is 10.9. The molecule has 2 aromatic carbocycles. The standard InChI is InChI=1S/C24H27ClN6O/c25-19-7-4-9-21(17-19)28-23(32)18-6-3-8-20(16-18)29-24-27-12-10-22(30-24)26-11-5-15-31-13-1-2-14-31/h3-4,6-10,12,16-17H,1-2,5,11,13-15H2,(H,28,32)(H2,26,27,29,30). The van der Waals surface area contributed by atoms with Gasteiger partial charge in [-0.3, -0.25) is 4.79 Å². The van der Waals surface area contributed by atoms with Gasteiger partial charge in [-0.1, -0.05) is 23.7 Å². The molecule has 166 valence electrons. The van der Waals surface area contributed by atoms with Crippen LogP contribution in [0, 0.1) is 0 Å². The highest BCUT2D eigenvalue weighted by Crippen LogP contribution is 2.19. The van der Waals surface area contributed by atoms with Crippen molar-refractivity contribution in [2.75, 3.05) is 42.1 Å². The first kappa shape index (κ1) is 22.0. The first-order chi connectivity index (χ1) is 15.7. The van der Waals surface area contributed by atoms with Crippen molar-refractivity contribution in [1.29, 1.82) is 0 Å². The Balaban J connectivity index is 1.32. The van der Waals surface area contributed by atoms with Crippen molar-refractivity contribution in [3.8, 4) is 0 Å². The van der Waals surface area contributed by atoms with E-state index in [9.17, 15) is 4.79 Å². The van der Waals surface area contributed by atoms with Gasteiger partial charge in [0.15, 0.2) is 0 Å². The number of anilines is 4. The molecule has 2 heterocycles. The summed E-state index contributed by atoms with van der Waals surface area (Å²) in [5.74, 6) is 1.03. The van der Waals surface area contributed by atoms with Crippen LogP contribution in [0.25, 0.3) is 0 Å². The number of nitrogens with zero attached hydrogens (tertiary/aromatic N) is 3. The Morgan fingerprint density at radius 3 is 2.69 bits per heavy atom. The average molecular weight is 451 g/mol. The summed E-state index contributed by atoms with van der Waals surface area (Å²) in [6.07, 6.45) is 5.43. The van der Waals surface area contributed by atoms with E-state index in [0.29, 0.717) is 22.2 Å². The number of carbonyl (C=O) groups is 1. The van der Waals surface area contributed by atoms with Crippen LogP contribution in [0.4, 0.5) is 23.1 Å². The lowest BCUT2D eigenvalue weighted by molar-refractivity contribution is 0.102. The molecule has 1 saturated heterocycles. The Labute approximate surface area is 193 Å². The maximum absolute atomic E-state index is 12.6. The molecule has 0 bridgehead atoms. The van der Waals surface area contributed by atoms with Crippen molar-refractivity contribution in [1.82, 2.24) is 14.9 Å². The molecule has 0 spiro atoms. The number of hydrogen-bond acceptors (Lipinski definition) is 6. The van der Waals surface area contributed by atoms with Crippen LogP contribution < -0.4 is 16.0 Å². The van der Waals surface area contributed by atoms with Crippen LogP contribution in [-0.4, -0.2) is 47.0 Å². The van der Waals surface area contributed by atoms with Gasteiger partial charge >= 0.3 is 0 Å². The zero-order valence-corrected chi connectivity index (χ0v) is 18.6. The Bertz CT molecular complexity index is 1050. The number of hydrogen-bond donors (Lipinski definition) is 3. The van der Waals surface area contributed by atoms with Gasteiger partial charge in [0.05, 0.1) is 0 Å². The summed E-state index contributed by atoms with van der Waals surface area (Å²) in [6.45, 7) is 4.43. The van der Waals surface area contributed by atoms with Crippen LogP contribution in [0.15, 0.2) is 60.8 Å². The van der Waals surface area contributed by atoms with Gasteiger partial charge in [0.25, 0.3) is 5.91 Å². The van der Waals surface area contributed by atoms with Crippen LogP contribution in [-0.2, 0) is 0 Å². The summed E-state index contributed by atoms with van der Waals surface area (Å²) in [4.78, 5) is 23.9.